The molecule has 7 heteroatoms. The Hall–Kier alpha value is -2.44. The monoisotopic (exact) mass is 281 g/mol. The topological polar surface area (TPSA) is 67.2 Å². The maximum atomic E-state index is 13.0. The highest BCUT2D eigenvalue weighted by Gasteiger charge is 2.16. The Morgan fingerprint density at radius 3 is 2.55 bits per heavy atom. The van der Waals surface area contributed by atoms with Crippen molar-refractivity contribution in [2.24, 2.45) is 0 Å². The number of carbonyl (C=O) groups is 1. The van der Waals surface area contributed by atoms with E-state index in [1.807, 2.05) is 0 Å². The molecule has 2 N–H and O–H groups in total. The normalized spacial score (nSPS) is 10.6. The van der Waals surface area contributed by atoms with E-state index >= 15 is 0 Å². The minimum absolute atomic E-state index is 0.0179. The van der Waals surface area contributed by atoms with Crippen LogP contribution in [0.4, 0.5) is 14.5 Å². The van der Waals surface area contributed by atoms with Gasteiger partial charge in [-0.1, -0.05) is 0 Å². The summed E-state index contributed by atoms with van der Waals surface area (Å²) in [7, 11) is 0. The van der Waals surface area contributed by atoms with Crippen molar-refractivity contribution in [3.63, 3.8) is 0 Å². The van der Waals surface area contributed by atoms with E-state index < -0.39 is 17.6 Å². The number of halogens is 2. The van der Waals surface area contributed by atoms with Gasteiger partial charge in [-0.15, -0.1) is 0 Å². The van der Waals surface area contributed by atoms with E-state index in [2.05, 4.69) is 10.4 Å². The summed E-state index contributed by atoms with van der Waals surface area (Å²) < 4.78 is 27.4. The Morgan fingerprint density at radius 2 is 2.00 bits per heavy atom. The standard InChI is InChI=1S/C13H13F2N3O2/c1-2-18-12(13(19)20)11(7-17-18)16-6-8-3-9(14)5-10(15)4-8/h3-5,7,16H,2,6H2,1H3,(H,19,20). The molecule has 0 radical (unpaired) electrons. The molecule has 0 amide bonds. The van der Waals surface area contributed by atoms with Crippen LogP contribution in [-0.2, 0) is 13.1 Å². The largest absolute Gasteiger partial charge is 0.476 e. The van der Waals surface area contributed by atoms with Gasteiger partial charge in [0.1, 0.15) is 11.6 Å². The Kier molecular flexibility index (Phi) is 3.97. The smallest absolute Gasteiger partial charge is 0.356 e. The van der Waals surface area contributed by atoms with Crippen molar-refractivity contribution in [2.75, 3.05) is 5.32 Å². The predicted octanol–water partition coefficient (Wildman–Crippen LogP) is 2.49. The van der Waals surface area contributed by atoms with E-state index in [0.29, 0.717) is 17.8 Å². The van der Waals surface area contributed by atoms with Gasteiger partial charge in [0.2, 0.25) is 0 Å². The van der Waals surface area contributed by atoms with E-state index in [1.54, 1.807) is 6.92 Å². The third-order valence-electron chi connectivity index (χ3n) is 2.75. The lowest BCUT2D eigenvalue weighted by atomic mass is 10.2. The molecule has 0 aliphatic rings. The lowest BCUT2D eigenvalue weighted by Gasteiger charge is -2.07. The van der Waals surface area contributed by atoms with Gasteiger partial charge in [-0.3, -0.25) is 4.68 Å². The average Bonchev–Trinajstić information content (AvgIpc) is 2.78. The molecular weight excluding hydrogens is 268 g/mol. The number of hydrogen-bond acceptors (Lipinski definition) is 3. The number of benzene rings is 1. The third kappa shape index (κ3) is 2.93. The molecule has 0 spiro atoms. The fourth-order valence-electron chi connectivity index (χ4n) is 1.89. The summed E-state index contributed by atoms with van der Waals surface area (Å²) in [5.74, 6) is -2.47. The fraction of sp³-hybridized carbons (Fsp3) is 0.231. The number of hydrogen-bond donors (Lipinski definition) is 2. The average molecular weight is 281 g/mol. The summed E-state index contributed by atoms with van der Waals surface area (Å²) in [5.41, 5.74) is 0.705. The number of aryl methyl sites for hydroxylation is 1. The maximum absolute atomic E-state index is 13.0. The molecular formula is C13H13F2N3O2. The summed E-state index contributed by atoms with van der Waals surface area (Å²) in [5, 5.41) is 15.9. The van der Waals surface area contributed by atoms with E-state index in [1.165, 1.54) is 23.0 Å². The van der Waals surface area contributed by atoms with Crippen LogP contribution in [0.3, 0.4) is 0 Å². The first-order valence-electron chi connectivity index (χ1n) is 5.99. The van der Waals surface area contributed by atoms with Crippen molar-refractivity contribution in [1.82, 2.24) is 9.78 Å². The second kappa shape index (κ2) is 5.68. The van der Waals surface area contributed by atoms with Crippen LogP contribution in [-0.4, -0.2) is 20.9 Å². The molecule has 1 aromatic heterocycles. The van der Waals surface area contributed by atoms with Gasteiger partial charge in [-0.25, -0.2) is 13.6 Å². The molecule has 0 unspecified atom stereocenters. The molecule has 0 saturated carbocycles. The first-order valence-corrected chi connectivity index (χ1v) is 5.99. The lowest BCUT2D eigenvalue weighted by molar-refractivity contribution is 0.0684. The van der Waals surface area contributed by atoms with Crippen molar-refractivity contribution < 1.29 is 18.7 Å². The zero-order chi connectivity index (χ0) is 14.7. The van der Waals surface area contributed by atoms with Gasteiger partial charge >= 0.3 is 5.97 Å². The van der Waals surface area contributed by atoms with Crippen LogP contribution in [0.15, 0.2) is 24.4 Å². The van der Waals surface area contributed by atoms with Crippen molar-refractivity contribution in [3.05, 3.63) is 47.3 Å². The molecule has 1 aromatic carbocycles. The minimum Gasteiger partial charge on any atom is -0.476 e. The Balaban J connectivity index is 2.18. The van der Waals surface area contributed by atoms with Crippen LogP contribution in [0, 0.1) is 11.6 Å². The number of rotatable bonds is 5. The molecule has 20 heavy (non-hydrogen) atoms. The molecule has 0 fully saturated rings. The number of carboxylic acid groups (broad SMARTS) is 1. The van der Waals surface area contributed by atoms with Crippen molar-refractivity contribution in [3.8, 4) is 0 Å². The second-order valence-corrected chi connectivity index (χ2v) is 4.16. The van der Waals surface area contributed by atoms with Crippen LogP contribution in [0.2, 0.25) is 0 Å². The molecule has 2 rings (SSSR count). The van der Waals surface area contributed by atoms with Crippen LogP contribution in [0.5, 0.6) is 0 Å². The highest BCUT2D eigenvalue weighted by atomic mass is 19.1. The number of carboxylic acids is 1. The van der Waals surface area contributed by atoms with Gasteiger partial charge in [-0.05, 0) is 24.6 Å². The van der Waals surface area contributed by atoms with Crippen molar-refractivity contribution in [2.45, 2.75) is 20.0 Å². The fourth-order valence-corrected chi connectivity index (χ4v) is 1.89. The molecule has 0 atom stereocenters. The SMILES string of the molecule is CCn1ncc(NCc2cc(F)cc(F)c2)c1C(=O)O. The minimum atomic E-state index is -1.11. The molecule has 0 saturated heterocycles. The Labute approximate surface area is 113 Å². The Morgan fingerprint density at radius 1 is 1.35 bits per heavy atom. The van der Waals surface area contributed by atoms with Gasteiger partial charge in [0.05, 0.1) is 11.9 Å². The van der Waals surface area contributed by atoms with Crippen LogP contribution in [0.1, 0.15) is 23.0 Å². The van der Waals surface area contributed by atoms with E-state index in [-0.39, 0.29) is 12.2 Å². The molecule has 1 heterocycles. The zero-order valence-electron chi connectivity index (χ0n) is 10.7. The van der Waals surface area contributed by atoms with Gasteiger partial charge in [0.25, 0.3) is 0 Å². The van der Waals surface area contributed by atoms with Crippen LogP contribution >= 0.6 is 0 Å². The van der Waals surface area contributed by atoms with Gasteiger partial charge in [0, 0.05) is 19.2 Å². The first-order chi connectivity index (χ1) is 9.51. The molecule has 106 valence electrons. The summed E-state index contributed by atoms with van der Waals surface area (Å²) >= 11 is 0. The van der Waals surface area contributed by atoms with Crippen molar-refractivity contribution in [1.29, 1.82) is 0 Å². The van der Waals surface area contributed by atoms with Gasteiger partial charge < -0.3 is 10.4 Å². The second-order valence-electron chi connectivity index (χ2n) is 4.16. The summed E-state index contributed by atoms with van der Waals surface area (Å²) in [6, 6.07) is 3.14. The van der Waals surface area contributed by atoms with Gasteiger partial charge in [0.15, 0.2) is 5.69 Å². The van der Waals surface area contributed by atoms with Crippen molar-refractivity contribution >= 4 is 11.7 Å². The number of nitrogens with zero attached hydrogens (tertiary/aromatic N) is 2. The highest BCUT2D eigenvalue weighted by molar-refractivity contribution is 5.92. The number of nitrogens with one attached hydrogen (secondary N) is 1. The quantitative estimate of drug-likeness (QED) is 0.883. The van der Waals surface area contributed by atoms with Gasteiger partial charge in [-0.2, -0.15) is 5.10 Å². The number of aromatic nitrogens is 2. The highest BCUT2D eigenvalue weighted by Crippen LogP contribution is 2.17. The summed E-state index contributed by atoms with van der Waals surface area (Å²) in [4.78, 5) is 11.2. The lowest BCUT2D eigenvalue weighted by Crippen LogP contribution is -2.11. The Bertz CT molecular complexity index is 620. The van der Waals surface area contributed by atoms with E-state index in [0.717, 1.165) is 6.07 Å². The molecule has 0 aliphatic carbocycles. The van der Waals surface area contributed by atoms with E-state index in [4.69, 9.17) is 5.11 Å². The van der Waals surface area contributed by atoms with Crippen LogP contribution < -0.4 is 5.32 Å². The zero-order valence-corrected chi connectivity index (χ0v) is 10.7. The molecule has 0 aliphatic heterocycles. The molecule has 0 bridgehead atoms. The number of aromatic carboxylic acids is 1. The third-order valence-corrected chi connectivity index (χ3v) is 2.75. The van der Waals surface area contributed by atoms with Crippen LogP contribution in [0.25, 0.3) is 0 Å². The predicted molar refractivity (Wildman–Crippen MR) is 68.5 cm³/mol. The molecule has 2 aromatic rings. The maximum Gasteiger partial charge on any atom is 0.356 e. The summed E-state index contributed by atoms with van der Waals surface area (Å²) in [6.07, 6.45) is 1.38. The first kappa shape index (κ1) is 14.0. The molecule has 5 nitrogen and oxygen atoms in total. The summed E-state index contributed by atoms with van der Waals surface area (Å²) in [6.45, 7) is 2.29. The van der Waals surface area contributed by atoms with E-state index in [9.17, 15) is 13.6 Å². The number of anilines is 1.